The van der Waals surface area contributed by atoms with Crippen molar-refractivity contribution in [2.45, 2.75) is 13.3 Å². The molecule has 1 heterocycles. The van der Waals surface area contributed by atoms with Crippen LogP contribution in [0, 0.1) is 11.3 Å². The third-order valence-corrected chi connectivity index (χ3v) is 3.37. The summed E-state index contributed by atoms with van der Waals surface area (Å²) in [7, 11) is 1.87. The molecule has 0 aliphatic rings. The molecule has 0 unspecified atom stereocenters. The summed E-state index contributed by atoms with van der Waals surface area (Å²) in [6.07, 6.45) is 2.60. The van der Waals surface area contributed by atoms with Crippen LogP contribution in [0.3, 0.4) is 0 Å². The minimum Gasteiger partial charge on any atom is -0.267 e. The van der Waals surface area contributed by atoms with E-state index in [4.69, 9.17) is 0 Å². The predicted molar refractivity (Wildman–Crippen MR) is 70.4 cm³/mol. The second-order valence-corrected chi connectivity index (χ2v) is 4.62. The van der Waals surface area contributed by atoms with Gasteiger partial charge in [-0.15, -0.1) is 0 Å². The molecule has 0 saturated carbocycles. The molecule has 2 aromatic rings. The molecular formula is C13H12BrN3. The smallest absolute Gasteiger partial charge is 0.100 e. The molecule has 0 bridgehead atoms. The molecule has 4 heteroatoms. The van der Waals surface area contributed by atoms with Gasteiger partial charge in [-0.3, -0.25) is 4.68 Å². The van der Waals surface area contributed by atoms with Crippen LogP contribution < -0.4 is 0 Å². The zero-order chi connectivity index (χ0) is 12.4. The highest BCUT2D eigenvalue weighted by Crippen LogP contribution is 2.31. The van der Waals surface area contributed by atoms with Crippen LogP contribution in [0.4, 0.5) is 0 Å². The van der Waals surface area contributed by atoms with E-state index in [1.807, 2.05) is 25.2 Å². The maximum Gasteiger partial charge on any atom is 0.100 e. The number of nitriles is 1. The standard InChI is InChI=1S/C13H12BrN3/c1-3-9-5-4-6-10(11(9)7-15)13-12(14)8-16-17(13)2/h4-6,8H,3H2,1-2H3. The van der Waals surface area contributed by atoms with Crippen molar-refractivity contribution in [1.82, 2.24) is 9.78 Å². The Morgan fingerprint density at radius 3 is 2.76 bits per heavy atom. The molecule has 0 N–H and O–H groups in total. The summed E-state index contributed by atoms with van der Waals surface area (Å²) in [6, 6.07) is 8.23. The molecular weight excluding hydrogens is 278 g/mol. The Balaban J connectivity index is 2.73. The Morgan fingerprint density at radius 2 is 2.24 bits per heavy atom. The van der Waals surface area contributed by atoms with Crippen LogP contribution in [-0.4, -0.2) is 9.78 Å². The van der Waals surface area contributed by atoms with Crippen LogP contribution in [0.25, 0.3) is 11.3 Å². The number of halogens is 1. The van der Waals surface area contributed by atoms with Gasteiger partial charge in [0.1, 0.15) is 6.07 Å². The molecule has 0 saturated heterocycles. The molecule has 17 heavy (non-hydrogen) atoms. The average molecular weight is 290 g/mol. The van der Waals surface area contributed by atoms with Crippen molar-refractivity contribution in [2.75, 3.05) is 0 Å². The molecule has 0 aliphatic heterocycles. The monoisotopic (exact) mass is 289 g/mol. The molecule has 0 radical (unpaired) electrons. The second-order valence-electron chi connectivity index (χ2n) is 3.77. The number of hydrogen-bond donors (Lipinski definition) is 0. The van der Waals surface area contributed by atoms with Crippen LogP contribution in [-0.2, 0) is 13.5 Å². The number of benzene rings is 1. The number of nitrogens with zero attached hydrogens (tertiary/aromatic N) is 3. The van der Waals surface area contributed by atoms with E-state index in [2.05, 4.69) is 34.0 Å². The summed E-state index contributed by atoms with van der Waals surface area (Å²) in [5.74, 6) is 0. The van der Waals surface area contributed by atoms with E-state index < -0.39 is 0 Å². The van der Waals surface area contributed by atoms with Crippen LogP contribution >= 0.6 is 15.9 Å². The molecule has 86 valence electrons. The minimum absolute atomic E-state index is 0.735. The molecule has 0 amide bonds. The molecule has 0 spiro atoms. The lowest BCUT2D eigenvalue weighted by molar-refractivity contribution is 0.775. The Morgan fingerprint density at radius 1 is 1.47 bits per heavy atom. The first-order chi connectivity index (χ1) is 8.19. The van der Waals surface area contributed by atoms with Crippen LogP contribution in [0.5, 0.6) is 0 Å². The van der Waals surface area contributed by atoms with Gasteiger partial charge in [0.2, 0.25) is 0 Å². The lowest BCUT2D eigenvalue weighted by Crippen LogP contribution is -1.98. The second kappa shape index (κ2) is 4.72. The third kappa shape index (κ3) is 1.98. The Hall–Kier alpha value is -1.60. The zero-order valence-corrected chi connectivity index (χ0v) is 11.3. The quantitative estimate of drug-likeness (QED) is 0.851. The Labute approximate surface area is 109 Å². The number of aryl methyl sites for hydroxylation is 2. The van der Waals surface area contributed by atoms with E-state index in [9.17, 15) is 5.26 Å². The summed E-state index contributed by atoms with van der Waals surface area (Å²) >= 11 is 3.47. The van der Waals surface area contributed by atoms with Crippen molar-refractivity contribution in [1.29, 1.82) is 5.26 Å². The van der Waals surface area contributed by atoms with Crippen molar-refractivity contribution in [3.8, 4) is 17.3 Å². The van der Waals surface area contributed by atoms with Gasteiger partial charge >= 0.3 is 0 Å². The largest absolute Gasteiger partial charge is 0.267 e. The van der Waals surface area contributed by atoms with Gasteiger partial charge in [0.15, 0.2) is 0 Å². The topological polar surface area (TPSA) is 41.6 Å². The lowest BCUT2D eigenvalue weighted by atomic mass is 9.98. The first-order valence-electron chi connectivity index (χ1n) is 5.38. The maximum atomic E-state index is 9.32. The molecule has 0 atom stereocenters. The number of hydrogen-bond acceptors (Lipinski definition) is 2. The third-order valence-electron chi connectivity index (χ3n) is 2.79. The summed E-state index contributed by atoms with van der Waals surface area (Å²) in [5.41, 5.74) is 3.67. The van der Waals surface area contributed by atoms with E-state index in [1.54, 1.807) is 10.9 Å². The Kier molecular flexibility index (Phi) is 3.30. The predicted octanol–water partition coefficient (Wildman–Crippen LogP) is 3.28. The van der Waals surface area contributed by atoms with Gasteiger partial charge in [-0.25, -0.2) is 0 Å². The summed E-state index contributed by atoms with van der Waals surface area (Å²) < 4.78 is 2.68. The van der Waals surface area contributed by atoms with Gasteiger partial charge in [-0.1, -0.05) is 25.1 Å². The van der Waals surface area contributed by atoms with Crippen molar-refractivity contribution < 1.29 is 0 Å². The first kappa shape index (κ1) is 11.9. The van der Waals surface area contributed by atoms with E-state index in [1.165, 1.54) is 0 Å². The van der Waals surface area contributed by atoms with Gasteiger partial charge in [-0.2, -0.15) is 10.4 Å². The van der Waals surface area contributed by atoms with Gasteiger partial charge in [0.25, 0.3) is 0 Å². The minimum atomic E-state index is 0.735. The van der Waals surface area contributed by atoms with Gasteiger partial charge in [0.05, 0.1) is 21.9 Å². The highest BCUT2D eigenvalue weighted by Gasteiger charge is 2.14. The molecule has 0 fully saturated rings. The number of rotatable bonds is 2. The number of aromatic nitrogens is 2. The van der Waals surface area contributed by atoms with Crippen LogP contribution in [0.1, 0.15) is 18.1 Å². The van der Waals surface area contributed by atoms with Crippen molar-refractivity contribution in [2.24, 2.45) is 7.05 Å². The highest BCUT2D eigenvalue weighted by atomic mass is 79.9. The van der Waals surface area contributed by atoms with Crippen LogP contribution in [0.2, 0.25) is 0 Å². The van der Waals surface area contributed by atoms with Crippen molar-refractivity contribution >= 4 is 15.9 Å². The molecule has 1 aromatic heterocycles. The molecule has 2 rings (SSSR count). The maximum absolute atomic E-state index is 9.32. The summed E-state index contributed by atoms with van der Waals surface area (Å²) in [6.45, 7) is 2.05. The Bertz CT molecular complexity index is 574. The van der Waals surface area contributed by atoms with Crippen molar-refractivity contribution in [3.05, 3.63) is 40.0 Å². The van der Waals surface area contributed by atoms with Crippen molar-refractivity contribution in [3.63, 3.8) is 0 Å². The highest BCUT2D eigenvalue weighted by molar-refractivity contribution is 9.10. The fourth-order valence-corrected chi connectivity index (χ4v) is 2.50. The molecule has 1 aromatic carbocycles. The fourth-order valence-electron chi connectivity index (χ4n) is 1.94. The van der Waals surface area contributed by atoms with Gasteiger partial charge in [0, 0.05) is 12.6 Å². The van der Waals surface area contributed by atoms with E-state index in [0.29, 0.717) is 0 Å². The SMILES string of the molecule is CCc1cccc(-c2c(Br)cnn2C)c1C#N. The van der Waals surface area contributed by atoms with E-state index >= 15 is 0 Å². The molecule has 0 aliphatic carbocycles. The zero-order valence-electron chi connectivity index (χ0n) is 9.74. The summed E-state index contributed by atoms with van der Waals surface area (Å²) in [5, 5.41) is 13.5. The molecule has 3 nitrogen and oxygen atoms in total. The first-order valence-corrected chi connectivity index (χ1v) is 6.18. The fraction of sp³-hybridized carbons (Fsp3) is 0.231. The summed E-state index contributed by atoms with van der Waals surface area (Å²) in [4.78, 5) is 0. The van der Waals surface area contributed by atoms with Crippen LogP contribution in [0.15, 0.2) is 28.9 Å². The van der Waals surface area contributed by atoms with Gasteiger partial charge in [-0.05, 0) is 27.9 Å². The average Bonchev–Trinajstić information content (AvgIpc) is 2.68. The van der Waals surface area contributed by atoms with E-state index in [0.717, 1.165) is 33.3 Å². The van der Waals surface area contributed by atoms with Gasteiger partial charge < -0.3 is 0 Å². The normalized spacial score (nSPS) is 10.2. The lowest BCUT2D eigenvalue weighted by Gasteiger charge is -2.09. The van der Waals surface area contributed by atoms with E-state index in [-0.39, 0.29) is 0 Å².